The van der Waals surface area contributed by atoms with Gasteiger partial charge in [0.05, 0.1) is 6.10 Å². The third-order valence-corrected chi connectivity index (χ3v) is 7.58. The molecule has 4 rings (SSSR count). The highest BCUT2D eigenvalue weighted by atomic mass is 16.3. The first-order valence-corrected chi connectivity index (χ1v) is 9.12. The topological polar surface area (TPSA) is 20.2 Å². The molecule has 0 aromatic rings. The van der Waals surface area contributed by atoms with Crippen molar-refractivity contribution < 1.29 is 5.11 Å². The van der Waals surface area contributed by atoms with Crippen molar-refractivity contribution in [2.45, 2.75) is 77.2 Å². The maximum atomic E-state index is 11.0. The van der Waals surface area contributed by atoms with Crippen molar-refractivity contribution in [2.75, 3.05) is 0 Å². The summed E-state index contributed by atoms with van der Waals surface area (Å²) in [6.07, 6.45) is 15.9. The van der Waals surface area contributed by atoms with E-state index in [0.717, 1.165) is 24.2 Å². The number of aliphatic hydroxyl groups is 1. The van der Waals surface area contributed by atoms with Gasteiger partial charge in [-0.25, -0.2) is 0 Å². The van der Waals surface area contributed by atoms with Crippen LogP contribution in [0, 0.1) is 29.1 Å². The van der Waals surface area contributed by atoms with E-state index in [-0.39, 0.29) is 6.10 Å². The lowest BCUT2D eigenvalue weighted by Gasteiger charge is -2.55. The standard InChI is InChI=1S/C19H30O/c1-2-19-11-5-8-16(19)15-10-9-13-6-3-4-7-14(13)18(15)17(20)12-19/h6,14-18,20H,2-5,7-12H2,1H3/t14-,15-,16-,17?,18+,19-/m0/s1. The molecule has 0 spiro atoms. The van der Waals surface area contributed by atoms with E-state index in [1.165, 1.54) is 57.8 Å². The van der Waals surface area contributed by atoms with Crippen LogP contribution in [0.4, 0.5) is 0 Å². The number of rotatable bonds is 1. The number of hydrogen-bond acceptors (Lipinski definition) is 1. The summed E-state index contributed by atoms with van der Waals surface area (Å²) < 4.78 is 0. The van der Waals surface area contributed by atoms with E-state index < -0.39 is 0 Å². The highest BCUT2D eigenvalue weighted by Gasteiger charge is 2.56. The van der Waals surface area contributed by atoms with Crippen LogP contribution in [-0.2, 0) is 0 Å². The van der Waals surface area contributed by atoms with Gasteiger partial charge in [-0.15, -0.1) is 0 Å². The molecule has 0 heterocycles. The highest BCUT2D eigenvalue weighted by molar-refractivity contribution is 5.19. The Balaban J connectivity index is 1.68. The second kappa shape index (κ2) is 4.87. The van der Waals surface area contributed by atoms with Gasteiger partial charge in [0.2, 0.25) is 0 Å². The second-order valence-corrected chi connectivity index (χ2v) is 8.08. The van der Waals surface area contributed by atoms with Crippen molar-refractivity contribution in [3.05, 3.63) is 11.6 Å². The van der Waals surface area contributed by atoms with Crippen LogP contribution >= 0.6 is 0 Å². The molecule has 3 saturated carbocycles. The Kier molecular flexibility index (Phi) is 3.25. The van der Waals surface area contributed by atoms with Gasteiger partial charge in [0.15, 0.2) is 0 Å². The van der Waals surface area contributed by atoms with Gasteiger partial charge in [0, 0.05) is 0 Å². The van der Waals surface area contributed by atoms with E-state index in [0.29, 0.717) is 11.3 Å². The molecule has 1 nitrogen and oxygen atoms in total. The molecule has 1 heteroatoms. The van der Waals surface area contributed by atoms with Crippen LogP contribution in [0.2, 0.25) is 0 Å². The Hall–Kier alpha value is -0.300. The average Bonchev–Trinajstić information content (AvgIpc) is 2.91. The van der Waals surface area contributed by atoms with Crippen LogP contribution < -0.4 is 0 Å². The lowest BCUT2D eigenvalue weighted by atomic mass is 9.50. The van der Waals surface area contributed by atoms with Crippen LogP contribution in [0.25, 0.3) is 0 Å². The first-order chi connectivity index (χ1) is 9.75. The van der Waals surface area contributed by atoms with Gasteiger partial charge in [0.1, 0.15) is 0 Å². The fourth-order valence-electron chi connectivity index (χ4n) is 6.76. The number of allylic oxidation sites excluding steroid dienone is 2. The summed E-state index contributed by atoms with van der Waals surface area (Å²) in [5.74, 6) is 3.12. The zero-order valence-electron chi connectivity index (χ0n) is 13.0. The molecule has 0 radical (unpaired) electrons. The fourth-order valence-corrected chi connectivity index (χ4v) is 6.76. The Labute approximate surface area is 123 Å². The van der Waals surface area contributed by atoms with Crippen molar-refractivity contribution in [1.82, 2.24) is 0 Å². The summed E-state index contributed by atoms with van der Waals surface area (Å²) in [4.78, 5) is 0. The quantitative estimate of drug-likeness (QED) is 0.687. The maximum Gasteiger partial charge on any atom is 0.0582 e. The van der Waals surface area contributed by atoms with Gasteiger partial charge >= 0.3 is 0 Å². The average molecular weight is 274 g/mol. The highest BCUT2D eigenvalue weighted by Crippen LogP contribution is 2.63. The van der Waals surface area contributed by atoms with E-state index in [4.69, 9.17) is 0 Å². The van der Waals surface area contributed by atoms with Gasteiger partial charge in [-0.1, -0.05) is 31.4 Å². The van der Waals surface area contributed by atoms with Crippen molar-refractivity contribution in [2.24, 2.45) is 29.1 Å². The van der Waals surface area contributed by atoms with Gasteiger partial charge in [-0.2, -0.15) is 0 Å². The Morgan fingerprint density at radius 1 is 1.25 bits per heavy atom. The third kappa shape index (κ3) is 1.78. The summed E-state index contributed by atoms with van der Waals surface area (Å²) in [5.41, 5.74) is 2.23. The number of fused-ring (bicyclic) bond motifs is 5. The molecule has 1 N–H and O–H groups in total. The van der Waals surface area contributed by atoms with Gasteiger partial charge in [-0.3, -0.25) is 0 Å². The number of aliphatic hydroxyl groups excluding tert-OH is 1. The Morgan fingerprint density at radius 3 is 3.00 bits per heavy atom. The van der Waals surface area contributed by atoms with Gasteiger partial charge < -0.3 is 5.11 Å². The summed E-state index contributed by atoms with van der Waals surface area (Å²) >= 11 is 0. The molecular weight excluding hydrogens is 244 g/mol. The summed E-state index contributed by atoms with van der Waals surface area (Å²) in [7, 11) is 0. The molecule has 0 saturated heterocycles. The molecule has 1 unspecified atom stereocenters. The molecule has 4 aliphatic carbocycles. The fraction of sp³-hybridized carbons (Fsp3) is 0.895. The lowest BCUT2D eigenvalue weighted by Crippen LogP contribution is -2.52. The van der Waals surface area contributed by atoms with E-state index >= 15 is 0 Å². The van der Waals surface area contributed by atoms with Crippen molar-refractivity contribution in [1.29, 1.82) is 0 Å². The normalized spacial score (nSPS) is 50.9. The van der Waals surface area contributed by atoms with Crippen LogP contribution in [0.15, 0.2) is 11.6 Å². The first-order valence-electron chi connectivity index (χ1n) is 9.12. The molecule has 0 aromatic heterocycles. The molecule has 20 heavy (non-hydrogen) atoms. The predicted molar refractivity (Wildman–Crippen MR) is 82.3 cm³/mol. The molecule has 112 valence electrons. The summed E-state index contributed by atoms with van der Waals surface area (Å²) in [5, 5.41) is 11.0. The predicted octanol–water partition coefficient (Wildman–Crippen LogP) is 4.70. The summed E-state index contributed by atoms with van der Waals surface area (Å²) in [6.45, 7) is 2.38. The van der Waals surface area contributed by atoms with E-state index in [9.17, 15) is 5.11 Å². The monoisotopic (exact) mass is 274 g/mol. The van der Waals surface area contributed by atoms with Gasteiger partial charge in [0.25, 0.3) is 0 Å². The zero-order chi connectivity index (χ0) is 13.7. The smallest absolute Gasteiger partial charge is 0.0582 e. The van der Waals surface area contributed by atoms with E-state index in [1.807, 2.05) is 0 Å². The molecule has 0 aromatic carbocycles. The van der Waals surface area contributed by atoms with E-state index in [2.05, 4.69) is 13.0 Å². The number of hydrogen-bond donors (Lipinski definition) is 1. The van der Waals surface area contributed by atoms with Crippen LogP contribution in [0.5, 0.6) is 0 Å². The minimum Gasteiger partial charge on any atom is -0.393 e. The molecule has 6 atom stereocenters. The van der Waals surface area contributed by atoms with Crippen LogP contribution in [-0.4, -0.2) is 11.2 Å². The van der Waals surface area contributed by atoms with Crippen molar-refractivity contribution in [3.8, 4) is 0 Å². The molecule has 4 aliphatic rings. The SMILES string of the molecule is CC[C@@]12CCC[C@H]1[C@@H]1CCC3=CCCC[C@@H]3[C@H]1C(O)C2. The van der Waals surface area contributed by atoms with Crippen molar-refractivity contribution >= 4 is 0 Å². The van der Waals surface area contributed by atoms with Crippen LogP contribution in [0.1, 0.15) is 71.1 Å². The van der Waals surface area contributed by atoms with Gasteiger partial charge in [-0.05, 0) is 80.5 Å². The first kappa shape index (κ1) is 13.4. The van der Waals surface area contributed by atoms with Crippen LogP contribution in [0.3, 0.4) is 0 Å². The minimum atomic E-state index is -0.0129. The second-order valence-electron chi connectivity index (χ2n) is 8.08. The molecule has 0 bridgehead atoms. The third-order valence-electron chi connectivity index (χ3n) is 7.58. The largest absolute Gasteiger partial charge is 0.393 e. The Bertz CT molecular complexity index is 412. The maximum absolute atomic E-state index is 11.0. The molecule has 0 amide bonds. The van der Waals surface area contributed by atoms with E-state index in [1.54, 1.807) is 5.57 Å². The lowest BCUT2D eigenvalue weighted by molar-refractivity contribution is -0.0993. The zero-order valence-corrected chi connectivity index (χ0v) is 13.0. The molecule has 0 aliphatic heterocycles. The minimum absolute atomic E-state index is 0.0129. The summed E-state index contributed by atoms with van der Waals surface area (Å²) in [6, 6.07) is 0. The molecule has 3 fully saturated rings. The van der Waals surface area contributed by atoms with Crippen molar-refractivity contribution in [3.63, 3.8) is 0 Å². The molecular formula is C19H30O. The Morgan fingerprint density at radius 2 is 2.15 bits per heavy atom.